The van der Waals surface area contributed by atoms with Gasteiger partial charge in [0.2, 0.25) is 0 Å². The van der Waals surface area contributed by atoms with Gasteiger partial charge in [0, 0.05) is 6.61 Å². The second-order valence-corrected chi connectivity index (χ2v) is 4.83. The van der Waals surface area contributed by atoms with Gasteiger partial charge in [0.1, 0.15) is 10.5 Å². The molecule has 0 unspecified atom stereocenters. The minimum Gasteiger partial charge on any atom is -0.427 e. The Morgan fingerprint density at radius 2 is 1.55 bits per heavy atom. The Morgan fingerprint density at radius 1 is 1.18 bits per heavy atom. The molecule has 0 heterocycles. The molecule has 2 heteroatoms. The second kappa shape index (κ2) is 4.26. The zero-order chi connectivity index (χ0) is 9.07. The highest BCUT2D eigenvalue weighted by atomic mass is 28.2. The Balaban J connectivity index is 4.26. The summed E-state index contributed by atoms with van der Waals surface area (Å²) in [5.41, 5.74) is 0.363. The standard InChI is InChI=1S/C9H22OSi/c1-7(2)9(5,6-10-11)8(3)4/h7-8H,6H2,1-5,11H3. The molecule has 0 bridgehead atoms. The van der Waals surface area contributed by atoms with Gasteiger partial charge in [-0.05, 0) is 17.3 Å². The van der Waals surface area contributed by atoms with Gasteiger partial charge < -0.3 is 4.43 Å². The maximum atomic E-state index is 5.37. The minimum atomic E-state index is 0.363. The summed E-state index contributed by atoms with van der Waals surface area (Å²) in [6.07, 6.45) is 0. The first-order valence-corrected chi connectivity index (χ1v) is 5.25. The van der Waals surface area contributed by atoms with E-state index in [-0.39, 0.29) is 0 Å². The molecule has 68 valence electrons. The Labute approximate surface area is 74.1 Å². The molecule has 0 aliphatic heterocycles. The van der Waals surface area contributed by atoms with Crippen LogP contribution in [0, 0.1) is 17.3 Å². The maximum Gasteiger partial charge on any atom is 0.145 e. The van der Waals surface area contributed by atoms with Crippen molar-refractivity contribution in [2.24, 2.45) is 17.3 Å². The van der Waals surface area contributed by atoms with Crippen LogP contribution in [0.4, 0.5) is 0 Å². The van der Waals surface area contributed by atoms with Crippen LogP contribution in [-0.4, -0.2) is 17.1 Å². The van der Waals surface area contributed by atoms with Gasteiger partial charge in [-0.15, -0.1) is 0 Å². The average Bonchev–Trinajstić information content (AvgIpc) is 1.87. The molecular formula is C9H22OSi. The number of hydrogen-bond donors (Lipinski definition) is 0. The van der Waals surface area contributed by atoms with Crippen molar-refractivity contribution >= 4 is 10.5 Å². The summed E-state index contributed by atoms with van der Waals surface area (Å²) < 4.78 is 5.37. The quantitative estimate of drug-likeness (QED) is 0.588. The first-order valence-electron chi connectivity index (χ1n) is 4.44. The predicted octanol–water partition coefficient (Wildman–Crippen LogP) is 1.60. The van der Waals surface area contributed by atoms with E-state index >= 15 is 0 Å². The molecule has 0 rings (SSSR count). The van der Waals surface area contributed by atoms with E-state index < -0.39 is 0 Å². The fraction of sp³-hybridized carbons (Fsp3) is 1.00. The van der Waals surface area contributed by atoms with E-state index in [9.17, 15) is 0 Å². The summed E-state index contributed by atoms with van der Waals surface area (Å²) >= 11 is 0. The van der Waals surface area contributed by atoms with Crippen LogP contribution in [0.1, 0.15) is 34.6 Å². The van der Waals surface area contributed by atoms with E-state index in [2.05, 4.69) is 34.6 Å². The molecule has 0 spiro atoms. The van der Waals surface area contributed by atoms with Crippen LogP contribution >= 0.6 is 0 Å². The lowest BCUT2D eigenvalue weighted by Gasteiger charge is -2.37. The van der Waals surface area contributed by atoms with E-state index in [0.29, 0.717) is 17.3 Å². The molecule has 0 fully saturated rings. The van der Waals surface area contributed by atoms with Crippen LogP contribution in [0.3, 0.4) is 0 Å². The van der Waals surface area contributed by atoms with Crippen LogP contribution in [0.15, 0.2) is 0 Å². The minimum absolute atomic E-state index is 0.363. The molecule has 0 aliphatic carbocycles. The molecule has 0 atom stereocenters. The third-order valence-electron chi connectivity index (χ3n) is 3.09. The Kier molecular flexibility index (Phi) is 4.33. The van der Waals surface area contributed by atoms with Gasteiger partial charge in [0.05, 0.1) is 0 Å². The van der Waals surface area contributed by atoms with E-state index in [1.165, 1.54) is 0 Å². The smallest absolute Gasteiger partial charge is 0.145 e. The van der Waals surface area contributed by atoms with Gasteiger partial charge in [0.15, 0.2) is 0 Å². The molecule has 0 N–H and O–H groups in total. The van der Waals surface area contributed by atoms with Crippen molar-refractivity contribution in [2.75, 3.05) is 6.61 Å². The highest BCUT2D eigenvalue weighted by Crippen LogP contribution is 2.35. The summed E-state index contributed by atoms with van der Waals surface area (Å²) in [5, 5.41) is 0. The van der Waals surface area contributed by atoms with Crippen molar-refractivity contribution in [1.29, 1.82) is 0 Å². The highest BCUT2D eigenvalue weighted by Gasteiger charge is 2.31. The van der Waals surface area contributed by atoms with Gasteiger partial charge in [-0.2, -0.15) is 0 Å². The van der Waals surface area contributed by atoms with Gasteiger partial charge in [-0.1, -0.05) is 34.6 Å². The molecule has 11 heavy (non-hydrogen) atoms. The third kappa shape index (κ3) is 2.60. The van der Waals surface area contributed by atoms with E-state index in [1.807, 2.05) is 0 Å². The molecule has 0 aliphatic rings. The second-order valence-electron chi connectivity index (χ2n) is 4.25. The number of rotatable bonds is 4. The molecule has 1 nitrogen and oxygen atoms in total. The monoisotopic (exact) mass is 174 g/mol. The summed E-state index contributed by atoms with van der Waals surface area (Å²) in [5.74, 6) is 1.41. The molecule has 0 saturated heterocycles. The molecule has 0 radical (unpaired) electrons. The Bertz CT molecular complexity index is 102. The molecule has 0 amide bonds. The first-order chi connectivity index (χ1) is 4.95. The zero-order valence-electron chi connectivity index (χ0n) is 8.77. The average molecular weight is 174 g/mol. The molecular weight excluding hydrogens is 152 g/mol. The zero-order valence-corrected chi connectivity index (χ0v) is 10.8. The van der Waals surface area contributed by atoms with Crippen molar-refractivity contribution in [1.82, 2.24) is 0 Å². The van der Waals surface area contributed by atoms with Crippen LogP contribution in [0.2, 0.25) is 0 Å². The van der Waals surface area contributed by atoms with Crippen molar-refractivity contribution in [3.63, 3.8) is 0 Å². The van der Waals surface area contributed by atoms with Crippen molar-refractivity contribution < 1.29 is 4.43 Å². The van der Waals surface area contributed by atoms with E-state index in [4.69, 9.17) is 4.43 Å². The van der Waals surface area contributed by atoms with Gasteiger partial charge in [-0.3, -0.25) is 0 Å². The largest absolute Gasteiger partial charge is 0.427 e. The van der Waals surface area contributed by atoms with Gasteiger partial charge in [-0.25, -0.2) is 0 Å². The summed E-state index contributed by atoms with van der Waals surface area (Å²) in [6, 6.07) is 0. The molecule has 0 aromatic carbocycles. The van der Waals surface area contributed by atoms with Crippen molar-refractivity contribution in [3.8, 4) is 0 Å². The number of hydrogen-bond acceptors (Lipinski definition) is 1. The van der Waals surface area contributed by atoms with Crippen molar-refractivity contribution in [2.45, 2.75) is 34.6 Å². The first kappa shape index (κ1) is 11.2. The van der Waals surface area contributed by atoms with Crippen molar-refractivity contribution in [3.05, 3.63) is 0 Å². The van der Waals surface area contributed by atoms with Crippen LogP contribution in [0.5, 0.6) is 0 Å². The van der Waals surface area contributed by atoms with Crippen LogP contribution in [0.25, 0.3) is 0 Å². The Morgan fingerprint density at radius 3 is 1.64 bits per heavy atom. The van der Waals surface area contributed by atoms with Gasteiger partial charge >= 0.3 is 0 Å². The lowest BCUT2D eigenvalue weighted by atomic mass is 9.71. The Hall–Kier alpha value is 0.177. The summed E-state index contributed by atoms with van der Waals surface area (Å²) in [4.78, 5) is 0. The summed E-state index contributed by atoms with van der Waals surface area (Å²) in [6.45, 7) is 12.4. The normalized spacial score (nSPS) is 13.4. The lowest BCUT2D eigenvalue weighted by Crippen LogP contribution is -2.34. The van der Waals surface area contributed by atoms with E-state index in [0.717, 1.165) is 17.1 Å². The predicted molar refractivity (Wildman–Crippen MR) is 53.7 cm³/mol. The molecule has 0 aromatic rings. The SMILES string of the molecule is CC(C)C(C)(CO[SiH3])C(C)C. The van der Waals surface area contributed by atoms with Crippen LogP contribution < -0.4 is 0 Å². The molecule has 0 aromatic heterocycles. The fourth-order valence-corrected chi connectivity index (χ4v) is 1.93. The fourth-order valence-electron chi connectivity index (χ4n) is 1.31. The van der Waals surface area contributed by atoms with Gasteiger partial charge in [0.25, 0.3) is 0 Å². The van der Waals surface area contributed by atoms with E-state index in [1.54, 1.807) is 0 Å². The topological polar surface area (TPSA) is 9.23 Å². The maximum absolute atomic E-state index is 5.37. The van der Waals surface area contributed by atoms with Crippen LogP contribution in [-0.2, 0) is 4.43 Å². The lowest BCUT2D eigenvalue weighted by molar-refractivity contribution is 0.0664. The third-order valence-corrected chi connectivity index (χ3v) is 3.38. The molecule has 0 saturated carbocycles. The highest BCUT2D eigenvalue weighted by molar-refractivity contribution is 5.97. The summed E-state index contributed by atoms with van der Waals surface area (Å²) in [7, 11) is 0.861.